The van der Waals surface area contributed by atoms with Crippen molar-refractivity contribution in [2.45, 2.75) is 0 Å². The second kappa shape index (κ2) is 3.25. The highest BCUT2D eigenvalue weighted by molar-refractivity contribution is 5.56. The SMILES string of the molecule is O=[N+]([O-])c1ccc(N(O)O)cc1O. The lowest BCUT2D eigenvalue weighted by molar-refractivity contribution is -0.385. The normalized spacial score (nSPS) is 9.69. The number of anilines is 1. The highest BCUT2D eigenvalue weighted by atomic mass is 16.8. The largest absolute Gasteiger partial charge is 0.502 e. The van der Waals surface area contributed by atoms with Gasteiger partial charge in [-0.25, -0.2) is 0 Å². The zero-order chi connectivity index (χ0) is 10.0. The number of rotatable bonds is 2. The summed E-state index contributed by atoms with van der Waals surface area (Å²) in [5.41, 5.74) is -0.659. The van der Waals surface area contributed by atoms with E-state index in [1.165, 1.54) is 0 Å². The van der Waals surface area contributed by atoms with Gasteiger partial charge in [0.25, 0.3) is 0 Å². The molecule has 0 saturated carbocycles. The van der Waals surface area contributed by atoms with Gasteiger partial charge < -0.3 is 5.11 Å². The summed E-state index contributed by atoms with van der Waals surface area (Å²) in [5, 5.41) is 36.0. The number of hydrogen-bond acceptors (Lipinski definition) is 6. The van der Waals surface area contributed by atoms with Gasteiger partial charge in [-0.3, -0.25) is 20.5 Å². The summed E-state index contributed by atoms with van der Waals surface area (Å²) in [6.45, 7) is 0. The molecule has 1 aromatic carbocycles. The molecule has 1 rings (SSSR count). The van der Waals surface area contributed by atoms with Crippen molar-refractivity contribution in [3.63, 3.8) is 0 Å². The number of benzene rings is 1. The molecule has 0 bridgehead atoms. The fourth-order valence-corrected chi connectivity index (χ4v) is 0.791. The van der Waals surface area contributed by atoms with Crippen molar-refractivity contribution >= 4 is 11.4 Å². The van der Waals surface area contributed by atoms with Crippen LogP contribution in [0.5, 0.6) is 5.75 Å². The van der Waals surface area contributed by atoms with Gasteiger partial charge in [0.05, 0.1) is 10.6 Å². The Labute approximate surface area is 72.1 Å². The Hall–Kier alpha value is -1.86. The van der Waals surface area contributed by atoms with Gasteiger partial charge in [-0.2, -0.15) is 0 Å². The van der Waals surface area contributed by atoms with Gasteiger partial charge in [0.1, 0.15) is 0 Å². The highest BCUT2D eigenvalue weighted by Crippen LogP contribution is 2.29. The summed E-state index contributed by atoms with van der Waals surface area (Å²) in [6.07, 6.45) is 0. The van der Waals surface area contributed by atoms with E-state index in [1.54, 1.807) is 0 Å². The minimum Gasteiger partial charge on any atom is -0.502 e. The Bertz CT molecular complexity index is 338. The molecule has 0 aliphatic carbocycles. The van der Waals surface area contributed by atoms with Gasteiger partial charge in [0, 0.05) is 12.1 Å². The highest BCUT2D eigenvalue weighted by Gasteiger charge is 2.14. The molecule has 70 valence electrons. The average Bonchev–Trinajstić information content (AvgIpc) is 2.03. The molecule has 0 aliphatic heterocycles. The van der Waals surface area contributed by atoms with Crippen LogP contribution in [0, 0.1) is 10.1 Å². The lowest BCUT2D eigenvalue weighted by Gasteiger charge is -2.07. The van der Waals surface area contributed by atoms with Gasteiger partial charge in [-0.15, -0.1) is 5.23 Å². The summed E-state index contributed by atoms with van der Waals surface area (Å²) in [7, 11) is 0. The van der Waals surface area contributed by atoms with Crippen molar-refractivity contribution in [2.75, 3.05) is 5.23 Å². The third-order valence-corrected chi connectivity index (χ3v) is 1.39. The van der Waals surface area contributed by atoms with Crippen LogP contribution in [0.25, 0.3) is 0 Å². The third kappa shape index (κ3) is 1.83. The summed E-state index contributed by atoms with van der Waals surface area (Å²) < 4.78 is 0. The topological polar surface area (TPSA) is 107 Å². The second-order valence-electron chi connectivity index (χ2n) is 2.22. The molecule has 13 heavy (non-hydrogen) atoms. The zero-order valence-corrected chi connectivity index (χ0v) is 6.28. The second-order valence-corrected chi connectivity index (χ2v) is 2.22. The van der Waals surface area contributed by atoms with Crippen LogP contribution in [0.15, 0.2) is 18.2 Å². The first-order valence-electron chi connectivity index (χ1n) is 3.17. The van der Waals surface area contributed by atoms with Crippen molar-refractivity contribution in [3.8, 4) is 5.75 Å². The minimum atomic E-state index is -0.780. The Morgan fingerprint density at radius 1 is 1.38 bits per heavy atom. The molecule has 3 N–H and O–H groups in total. The van der Waals surface area contributed by atoms with Gasteiger partial charge >= 0.3 is 5.69 Å². The van der Waals surface area contributed by atoms with Crippen LogP contribution in [-0.4, -0.2) is 20.4 Å². The first-order valence-corrected chi connectivity index (χ1v) is 3.17. The molecule has 0 aliphatic rings. The van der Waals surface area contributed by atoms with Gasteiger partial charge in [-0.05, 0) is 6.07 Å². The number of hydrogen-bond donors (Lipinski definition) is 3. The van der Waals surface area contributed by atoms with E-state index in [0.717, 1.165) is 18.2 Å². The molecule has 0 fully saturated rings. The zero-order valence-electron chi connectivity index (χ0n) is 6.28. The smallest absolute Gasteiger partial charge is 0.310 e. The van der Waals surface area contributed by atoms with Crippen LogP contribution >= 0.6 is 0 Å². The van der Waals surface area contributed by atoms with Crippen molar-refractivity contribution in [1.29, 1.82) is 0 Å². The van der Waals surface area contributed by atoms with E-state index in [9.17, 15) is 10.1 Å². The number of nitro benzene ring substituents is 1. The number of phenolic OH excluding ortho intramolecular Hbond substituents is 1. The first-order chi connectivity index (χ1) is 6.02. The van der Waals surface area contributed by atoms with Gasteiger partial charge in [0.2, 0.25) is 0 Å². The number of aromatic hydroxyl groups is 1. The Morgan fingerprint density at radius 3 is 2.38 bits per heavy atom. The van der Waals surface area contributed by atoms with Crippen molar-refractivity contribution < 1.29 is 20.4 Å². The van der Waals surface area contributed by atoms with E-state index in [1.807, 2.05) is 0 Å². The molecule has 7 heteroatoms. The fraction of sp³-hybridized carbons (Fsp3) is 0. The Morgan fingerprint density at radius 2 is 2.00 bits per heavy atom. The number of nitro groups is 1. The summed E-state index contributed by atoms with van der Waals surface area (Å²) >= 11 is 0. The van der Waals surface area contributed by atoms with Gasteiger partial charge in [-0.1, -0.05) is 0 Å². The number of nitrogens with zero attached hydrogens (tertiary/aromatic N) is 2. The Kier molecular flexibility index (Phi) is 2.31. The molecular weight excluding hydrogens is 180 g/mol. The van der Waals surface area contributed by atoms with Gasteiger partial charge in [0.15, 0.2) is 5.75 Å². The molecule has 7 nitrogen and oxygen atoms in total. The number of phenols is 1. The van der Waals surface area contributed by atoms with E-state index in [2.05, 4.69) is 0 Å². The molecular formula is C6H6N2O5. The standard InChI is InChI=1S/C6H6N2O5/c9-6-3-4(7(10)11)1-2-5(6)8(12)13/h1-3,9-11H. The maximum Gasteiger partial charge on any atom is 0.310 e. The van der Waals surface area contributed by atoms with Crippen molar-refractivity contribution in [1.82, 2.24) is 0 Å². The predicted octanol–water partition coefficient (Wildman–Crippen LogP) is 0.885. The summed E-state index contributed by atoms with van der Waals surface area (Å²) in [5.74, 6) is -0.629. The summed E-state index contributed by atoms with van der Waals surface area (Å²) in [6, 6.07) is 2.90. The van der Waals surface area contributed by atoms with Crippen LogP contribution in [0.4, 0.5) is 11.4 Å². The van der Waals surface area contributed by atoms with E-state index in [0.29, 0.717) is 0 Å². The quantitative estimate of drug-likeness (QED) is 0.467. The molecule has 1 aromatic rings. The third-order valence-electron chi connectivity index (χ3n) is 1.39. The molecule has 0 atom stereocenters. The molecule has 0 heterocycles. The fourth-order valence-electron chi connectivity index (χ4n) is 0.791. The van der Waals surface area contributed by atoms with Crippen LogP contribution in [0.3, 0.4) is 0 Å². The summed E-state index contributed by atoms with van der Waals surface area (Å²) in [4.78, 5) is 9.43. The first kappa shape index (κ1) is 9.23. The predicted molar refractivity (Wildman–Crippen MR) is 40.8 cm³/mol. The van der Waals surface area contributed by atoms with Crippen molar-refractivity contribution in [2.24, 2.45) is 0 Å². The van der Waals surface area contributed by atoms with Crippen LogP contribution < -0.4 is 5.23 Å². The lowest BCUT2D eigenvalue weighted by Crippen LogP contribution is -2.10. The minimum absolute atomic E-state index is 0.164. The maximum absolute atomic E-state index is 10.2. The molecule has 0 aromatic heterocycles. The van der Waals surface area contributed by atoms with E-state index < -0.39 is 16.4 Å². The average molecular weight is 186 g/mol. The molecule has 0 amide bonds. The van der Waals surface area contributed by atoms with Crippen LogP contribution in [0.1, 0.15) is 0 Å². The molecule has 0 unspecified atom stereocenters. The molecule has 0 spiro atoms. The monoisotopic (exact) mass is 186 g/mol. The van der Waals surface area contributed by atoms with E-state index in [4.69, 9.17) is 15.5 Å². The molecule has 0 radical (unpaired) electrons. The van der Waals surface area contributed by atoms with Crippen LogP contribution in [0.2, 0.25) is 0 Å². The Balaban J connectivity index is 3.13. The molecule has 0 saturated heterocycles. The maximum atomic E-state index is 10.2. The van der Waals surface area contributed by atoms with E-state index in [-0.39, 0.29) is 10.9 Å². The van der Waals surface area contributed by atoms with E-state index >= 15 is 0 Å². The van der Waals surface area contributed by atoms with Crippen LogP contribution in [-0.2, 0) is 0 Å². The van der Waals surface area contributed by atoms with Crippen molar-refractivity contribution in [3.05, 3.63) is 28.3 Å². The lowest BCUT2D eigenvalue weighted by atomic mass is 10.2.